The molecule has 12 rings (SSSR count). The topological polar surface area (TPSA) is 0 Å². The van der Waals surface area contributed by atoms with Crippen molar-refractivity contribution in [2.24, 2.45) is 0 Å². The molecule has 2 aliphatic rings. The van der Waals surface area contributed by atoms with E-state index in [4.69, 9.17) is 0 Å². The SMILES string of the molecule is c1ccc(-c2cc3c4ccccc4c(-c4ccc5c(c4)C4(c6ccccc6-5)c5ccccc5-c5sc6ccccc6c54)cc3c3ccccc23)cc1. The molecule has 0 nitrogen and oxygen atoms in total. The molecule has 0 radical (unpaired) electrons. The molecule has 0 N–H and O–H groups in total. The number of rotatable bonds is 2. The zero-order chi connectivity index (χ0) is 34.0. The van der Waals surface area contributed by atoms with E-state index >= 15 is 0 Å². The van der Waals surface area contributed by atoms with Crippen LogP contribution in [-0.2, 0) is 5.41 Å². The highest BCUT2D eigenvalue weighted by molar-refractivity contribution is 7.22. The first kappa shape index (κ1) is 28.4. The molecule has 10 aromatic rings. The van der Waals surface area contributed by atoms with Gasteiger partial charge in [-0.25, -0.2) is 0 Å². The van der Waals surface area contributed by atoms with Gasteiger partial charge < -0.3 is 0 Å². The number of hydrogen-bond donors (Lipinski definition) is 0. The lowest BCUT2D eigenvalue weighted by atomic mass is 9.69. The van der Waals surface area contributed by atoms with Crippen LogP contribution in [0.15, 0.2) is 182 Å². The Hall–Kier alpha value is -6.28. The summed E-state index contributed by atoms with van der Waals surface area (Å²) in [5, 5.41) is 9.08. The average molecular weight is 675 g/mol. The van der Waals surface area contributed by atoms with Gasteiger partial charge in [-0.3, -0.25) is 0 Å². The summed E-state index contributed by atoms with van der Waals surface area (Å²) >= 11 is 1.94. The fourth-order valence-corrected chi connectivity index (χ4v) is 11.1. The standard InChI is InChI=1S/C51H30S/c1-2-14-31(15-3-1)41-29-43-36-19-7-5-17-34(36)42(30-44(43)35-18-6-4-16-33(35)41)32-26-27-38-37-20-8-11-23-45(37)51(47(38)28-32)46-24-12-9-21-39(46)50-49(51)40-22-10-13-25-48(40)52-50/h1-30H. The molecule has 0 saturated heterocycles. The maximum absolute atomic E-state index is 2.54. The first-order valence-corrected chi connectivity index (χ1v) is 18.9. The summed E-state index contributed by atoms with van der Waals surface area (Å²) in [6.45, 7) is 0. The number of benzene rings is 9. The second kappa shape index (κ2) is 10.4. The van der Waals surface area contributed by atoms with Crippen molar-refractivity contribution in [2.75, 3.05) is 0 Å². The smallest absolute Gasteiger partial charge is 0.0740 e. The molecular weight excluding hydrogens is 645 g/mol. The maximum Gasteiger partial charge on any atom is 0.0740 e. The number of fused-ring (bicyclic) bond motifs is 17. The second-order valence-electron chi connectivity index (χ2n) is 14.3. The Bertz CT molecular complexity index is 3130. The van der Waals surface area contributed by atoms with Gasteiger partial charge in [-0.2, -0.15) is 0 Å². The zero-order valence-corrected chi connectivity index (χ0v) is 29.0. The predicted octanol–water partition coefficient (Wildman–Crippen LogP) is 14.0. The molecule has 0 amide bonds. The second-order valence-corrected chi connectivity index (χ2v) is 15.4. The van der Waals surface area contributed by atoms with Crippen molar-refractivity contribution < 1.29 is 0 Å². The van der Waals surface area contributed by atoms with Crippen molar-refractivity contribution in [2.45, 2.75) is 5.41 Å². The van der Waals surface area contributed by atoms with Gasteiger partial charge in [0.1, 0.15) is 0 Å². The molecule has 0 aliphatic heterocycles. The molecule has 9 aromatic carbocycles. The van der Waals surface area contributed by atoms with Crippen molar-refractivity contribution >= 4 is 53.7 Å². The lowest BCUT2D eigenvalue weighted by molar-refractivity contribution is 0.803. The molecule has 0 bridgehead atoms. The lowest BCUT2D eigenvalue weighted by Gasteiger charge is -2.30. The van der Waals surface area contributed by atoms with Gasteiger partial charge in [0, 0.05) is 9.58 Å². The van der Waals surface area contributed by atoms with E-state index in [-0.39, 0.29) is 0 Å². The third-order valence-corrected chi connectivity index (χ3v) is 13.1. The molecule has 1 atom stereocenters. The van der Waals surface area contributed by atoms with Crippen LogP contribution in [0.25, 0.3) is 86.2 Å². The van der Waals surface area contributed by atoms with Gasteiger partial charge in [0.15, 0.2) is 0 Å². The van der Waals surface area contributed by atoms with Crippen LogP contribution in [0.3, 0.4) is 0 Å². The van der Waals surface area contributed by atoms with Crippen LogP contribution in [0.1, 0.15) is 22.3 Å². The van der Waals surface area contributed by atoms with Crippen LogP contribution in [0.4, 0.5) is 0 Å². The first-order valence-electron chi connectivity index (χ1n) is 18.1. The number of thiophene rings is 1. The molecule has 1 heteroatoms. The molecule has 240 valence electrons. The summed E-state index contributed by atoms with van der Waals surface area (Å²) < 4.78 is 1.35. The van der Waals surface area contributed by atoms with E-state index in [1.807, 2.05) is 11.3 Å². The molecule has 0 fully saturated rings. The Morgan fingerprint density at radius 3 is 1.54 bits per heavy atom. The highest BCUT2D eigenvalue weighted by Crippen LogP contribution is 2.66. The highest BCUT2D eigenvalue weighted by Gasteiger charge is 2.53. The van der Waals surface area contributed by atoms with Gasteiger partial charge in [0.05, 0.1) is 5.41 Å². The van der Waals surface area contributed by atoms with Gasteiger partial charge in [-0.1, -0.05) is 158 Å². The van der Waals surface area contributed by atoms with Crippen molar-refractivity contribution in [3.05, 3.63) is 204 Å². The van der Waals surface area contributed by atoms with Crippen LogP contribution in [0.5, 0.6) is 0 Å². The van der Waals surface area contributed by atoms with E-state index in [9.17, 15) is 0 Å². The van der Waals surface area contributed by atoms with Gasteiger partial charge in [0.25, 0.3) is 0 Å². The fourth-order valence-electron chi connectivity index (χ4n) is 9.80. The van der Waals surface area contributed by atoms with E-state index in [0.717, 1.165) is 0 Å². The first-order chi connectivity index (χ1) is 25.8. The Kier molecular flexibility index (Phi) is 5.68. The maximum atomic E-state index is 2.54. The molecule has 0 saturated carbocycles. The van der Waals surface area contributed by atoms with E-state index in [2.05, 4.69) is 182 Å². The third kappa shape index (κ3) is 3.56. The molecule has 2 aliphatic carbocycles. The van der Waals surface area contributed by atoms with E-state index in [1.54, 1.807) is 0 Å². The Labute approximate surface area is 305 Å². The molecule has 1 unspecified atom stereocenters. The zero-order valence-electron chi connectivity index (χ0n) is 28.2. The van der Waals surface area contributed by atoms with Crippen molar-refractivity contribution in [1.29, 1.82) is 0 Å². The summed E-state index contributed by atoms with van der Waals surface area (Å²) in [4.78, 5) is 1.40. The minimum absolute atomic E-state index is 0.391. The van der Waals surface area contributed by atoms with Crippen LogP contribution < -0.4 is 0 Å². The quantitative estimate of drug-likeness (QED) is 0.160. The highest BCUT2D eigenvalue weighted by atomic mass is 32.1. The van der Waals surface area contributed by atoms with Crippen molar-refractivity contribution in [3.8, 4) is 43.8 Å². The summed E-state index contributed by atoms with van der Waals surface area (Å²) in [5.74, 6) is 0. The normalized spacial score (nSPS) is 15.4. The molecular formula is C51H30S. The Morgan fingerprint density at radius 2 is 0.827 bits per heavy atom. The monoisotopic (exact) mass is 674 g/mol. The number of hydrogen-bond acceptors (Lipinski definition) is 1. The van der Waals surface area contributed by atoms with Crippen LogP contribution in [0, 0.1) is 0 Å². The van der Waals surface area contributed by atoms with Gasteiger partial charge in [-0.05, 0) is 123 Å². The Morgan fingerprint density at radius 1 is 0.308 bits per heavy atom. The predicted molar refractivity (Wildman–Crippen MR) is 222 cm³/mol. The molecule has 52 heavy (non-hydrogen) atoms. The van der Waals surface area contributed by atoms with Crippen LogP contribution in [-0.4, -0.2) is 0 Å². The van der Waals surface area contributed by atoms with Gasteiger partial charge in [-0.15, -0.1) is 11.3 Å². The van der Waals surface area contributed by atoms with E-state index < -0.39 is 5.41 Å². The minimum atomic E-state index is -0.391. The summed E-state index contributed by atoms with van der Waals surface area (Å²) in [5.41, 5.74) is 14.3. The molecule has 1 heterocycles. The van der Waals surface area contributed by atoms with E-state index in [1.165, 1.54) is 108 Å². The van der Waals surface area contributed by atoms with Gasteiger partial charge >= 0.3 is 0 Å². The fraction of sp³-hybridized carbons (Fsp3) is 0.0196. The van der Waals surface area contributed by atoms with Gasteiger partial charge in [0.2, 0.25) is 0 Å². The average Bonchev–Trinajstić information content (AvgIpc) is 3.84. The van der Waals surface area contributed by atoms with Crippen molar-refractivity contribution in [3.63, 3.8) is 0 Å². The summed E-state index contributed by atoms with van der Waals surface area (Å²) in [6.07, 6.45) is 0. The summed E-state index contributed by atoms with van der Waals surface area (Å²) in [7, 11) is 0. The van der Waals surface area contributed by atoms with E-state index in [0.29, 0.717) is 0 Å². The molecule has 1 spiro atoms. The lowest BCUT2D eigenvalue weighted by Crippen LogP contribution is -2.25. The van der Waals surface area contributed by atoms with Crippen molar-refractivity contribution in [1.82, 2.24) is 0 Å². The molecule has 1 aromatic heterocycles. The minimum Gasteiger partial charge on any atom is -0.135 e. The Balaban J connectivity index is 1.19. The van der Waals surface area contributed by atoms with Crippen LogP contribution in [0.2, 0.25) is 0 Å². The summed E-state index contributed by atoms with van der Waals surface area (Å²) in [6, 6.07) is 68.3. The van der Waals surface area contributed by atoms with Crippen LogP contribution >= 0.6 is 11.3 Å². The largest absolute Gasteiger partial charge is 0.135 e. The third-order valence-electron chi connectivity index (χ3n) is 11.9.